The Morgan fingerprint density at radius 2 is 1.83 bits per heavy atom. The molecular formula is C21H19N3O4S. The Labute approximate surface area is 172 Å². The van der Waals surface area contributed by atoms with Crippen molar-refractivity contribution >= 4 is 11.8 Å². The molecule has 0 aliphatic carbocycles. The van der Waals surface area contributed by atoms with Gasteiger partial charge < -0.3 is 19.2 Å². The Kier molecular flexibility index (Phi) is 6.42. The van der Waals surface area contributed by atoms with Gasteiger partial charge in [0.2, 0.25) is 0 Å². The summed E-state index contributed by atoms with van der Waals surface area (Å²) in [6.07, 6.45) is 1.80. The average Bonchev–Trinajstić information content (AvgIpc) is 2.77. The molecule has 0 spiro atoms. The average molecular weight is 409 g/mol. The molecule has 148 valence electrons. The Morgan fingerprint density at radius 3 is 2.45 bits per heavy atom. The number of rotatable bonds is 7. The second kappa shape index (κ2) is 9.17. The van der Waals surface area contributed by atoms with Crippen molar-refractivity contribution in [2.24, 2.45) is 0 Å². The van der Waals surface area contributed by atoms with Crippen molar-refractivity contribution in [3.05, 3.63) is 63.9 Å². The van der Waals surface area contributed by atoms with Crippen LogP contribution in [0.2, 0.25) is 0 Å². The molecule has 7 nitrogen and oxygen atoms in total. The number of aromatic nitrogens is 2. The van der Waals surface area contributed by atoms with Crippen molar-refractivity contribution in [1.82, 2.24) is 9.97 Å². The molecule has 0 saturated heterocycles. The van der Waals surface area contributed by atoms with Crippen LogP contribution in [0.25, 0.3) is 11.3 Å². The number of hydrogen-bond acceptors (Lipinski definition) is 7. The summed E-state index contributed by atoms with van der Waals surface area (Å²) in [7, 11) is 3.18. The summed E-state index contributed by atoms with van der Waals surface area (Å²) in [5, 5.41) is 9.85. The van der Waals surface area contributed by atoms with Crippen LogP contribution in [-0.2, 0) is 6.61 Å². The predicted molar refractivity (Wildman–Crippen MR) is 111 cm³/mol. The van der Waals surface area contributed by atoms with E-state index in [0.29, 0.717) is 27.9 Å². The zero-order valence-corrected chi connectivity index (χ0v) is 17.0. The van der Waals surface area contributed by atoms with E-state index >= 15 is 0 Å². The van der Waals surface area contributed by atoms with E-state index in [0.717, 1.165) is 11.3 Å². The highest BCUT2D eigenvalue weighted by molar-refractivity contribution is 7.98. The number of nitrogens with one attached hydrogen (secondary N) is 1. The molecule has 0 aliphatic heterocycles. The first-order valence-corrected chi connectivity index (χ1v) is 9.84. The summed E-state index contributed by atoms with van der Waals surface area (Å²) in [5.74, 6) is 2.05. The zero-order valence-electron chi connectivity index (χ0n) is 16.2. The van der Waals surface area contributed by atoms with Gasteiger partial charge in [-0.15, -0.1) is 0 Å². The predicted octanol–water partition coefficient (Wildman–Crippen LogP) is 3.63. The van der Waals surface area contributed by atoms with E-state index in [1.165, 1.54) is 11.8 Å². The van der Waals surface area contributed by atoms with Gasteiger partial charge in [0.05, 0.1) is 19.9 Å². The lowest BCUT2D eigenvalue weighted by atomic mass is 10.0. The topological polar surface area (TPSA) is 97.2 Å². The van der Waals surface area contributed by atoms with E-state index in [4.69, 9.17) is 14.2 Å². The van der Waals surface area contributed by atoms with E-state index in [2.05, 4.69) is 9.97 Å². The van der Waals surface area contributed by atoms with Crippen LogP contribution in [0, 0.1) is 11.3 Å². The summed E-state index contributed by atoms with van der Waals surface area (Å²) >= 11 is 1.30. The lowest BCUT2D eigenvalue weighted by molar-refractivity contribution is 0.296. The fourth-order valence-electron chi connectivity index (χ4n) is 2.73. The van der Waals surface area contributed by atoms with Crippen LogP contribution in [0.3, 0.4) is 0 Å². The molecule has 3 aromatic rings. The second-order valence-electron chi connectivity index (χ2n) is 5.90. The maximum absolute atomic E-state index is 12.2. The van der Waals surface area contributed by atoms with Crippen LogP contribution in [-0.4, -0.2) is 30.4 Å². The quantitative estimate of drug-likeness (QED) is 0.470. The third-order valence-corrected chi connectivity index (χ3v) is 4.79. The fourth-order valence-corrected chi connectivity index (χ4v) is 3.11. The number of ether oxygens (including phenoxy) is 3. The van der Waals surface area contributed by atoms with Gasteiger partial charge in [-0.2, -0.15) is 5.26 Å². The molecule has 1 aromatic heterocycles. The summed E-state index contributed by atoms with van der Waals surface area (Å²) < 4.78 is 16.4. The minimum atomic E-state index is -0.464. The van der Waals surface area contributed by atoms with Crippen molar-refractivity contribution in [2.45, 2.75) is 11.8 Å². The zero-order chi connectivity index (χ0) is 20.8. The van der Waals surface area contributed by atoms with Crippen molar-refractivity contribution in [1.29, 1.82) is 5.26 Å². The van der Waals surface area contributed by atoms with Crippen molar-refractivity contribution in [3.8, 4) is 34.6 Å². The van der Waals surface area contributed by atoms with E-state index in [-0.39, 0.29) is 12.2 Å². The van der Waals surface area contributed by atoms with Gasteiger partial charge in [-0.05, 0) is 48.7 Å². The summed E-state index contributed by atoms with van der Waals surface area (Å²) in [6, 6.07) is 14.5. The number of hydrogen-bond donors (Lipinski definition) is 1. The molecule has 29 heavy (non-hydrogen) atoms. The smallest absolute Gasteiger partial charge is 0.270 e. The van der Waals surface area contributed by atoms with Gasteiger partial charge in [0.1, 0.15) is 35.5 Å². The number of aromatic amines is 1. The molecule has 1 N–H and O–H groups in total. The maximum atomic E-state index is 12.2. The molecule has 3 rings (SSSR count). The Hall–Kier alpha value is -3.44. The minimum Gasteiger partial charge on any atom is -0.497 e. The molecule has 0 bridgehead atoms. The molecule has 0 saturated carbocycles. The summed E-state index contributed by atoms with van der Waals surface area (Å²) in [6.45, 7) is 0.240. The highest BCUT2D eigenvalue weighted by Gasteiger charge is 2.15. The fraction of sp³-hybridized carbons (Fsp3) is 0.190. The minimum absolute atomic E-state index is 0.0324. The Balaban J connectivity index is 1.96. The number of methoxy groups -OCH3 is 2. The third kappa shape index (κ3) is 4.52. The number of nitriles is 1. The third-order valence-electron chi connectivity index (χ3n) is 4.21. The molecule has 0 unspecified atom stereocenters. The van der Waals surface area contributed by atoms with Gasteiger partial charge in [-0.3, -0.25) is 4.79 Å². The van der Waals surface area contributed by atoms with Gasteiger partial charge in [0, 0.05) is 11.1 Å². The number of H-pyrrole nitrogens is 1. The first kappa shape index (κ1) is 20.3. The summed E-state index contributed by atoms with van der Waals surface area (Å²) in [5.41, 5.74) is 1.23. The van der Waals surface area contributed by atoms with Crippen molar-refractivity contribution in [2.75, 3.05) is 20.5 Å². The van der Waals surface area contributed by atoms with Crippen LogP contribution in [0.1, 0.15) is 11.1 Å². The Bertz CT molecular complexity index is 1100. The molecule has 0 amide bonds. The number of nitrogens with zero attached hydrogens (tertiary/aromatic N) is 2. The Morgan fingerprint density at radius 1 is 1.10 bits per heavy atom. The van der Waals surface area contributed by atoms with Crippen LogP contribution < -0.4 is 19.8 Å². The molecule has 0 radical (unpaired) electrons. The van der Waals surface area contributed by atoms with E-state index in [1.54, 1.807) is 32.6 Å². The van der Waals surface area contributed by atoms with E-state index in [9.17, 15) is 10.1 Å². The second-order valence-corrected chi connectivity index (χ2v) is 6.70. The SMILES string of the molecule is COc1ccc(OCc2cc(-c3nc(SC)[nH]c(=O)c3C#N)ccc2OC)cc1. The van der Waals surface area contributed by atoms with Crippen molar-refractivity contribution in [3.63, 3.8) is 0 Å². The number of benzene rings is 2. The molecule has 8 heteroatoms. The molecular weight excluding hydrogens is 390 g/mol. The molecule has 2 aromatic carbocycles. The van der Waals surface area contributed by atoms with Crippen LogP contribution >= 0.6 is 11.8 Å². The monoisotopic (exact) mass is 409 g/mol. The van der Waals surface area contributed by atoms with Crippen LogP contribution in [0.5, 0.6) is 17.2 Å². The lowest BCUT2D eigenvalue weighted by Gasteiger charge is -2.13. The van der Waals surface area contributed by atoms with Crippen molar-refractivity contribution < 1.29 is 14.2 Å². The molecule has 1 heterocycles. The molecule has 0 fully saturated rings. The van der Waals surface area contributed by atoms with Gasteiger partial charge >= 0.3 is 0 Å². The normalized spacial score (nSPS) is 10.3. The lowest BCUT2D eigenvalue weighted by Crippen LogP contribution is -2.14. The van der Waals surface area contributed by atoms with E-state index in [1.807, 2.05) is 36.4 Å². The van der Waals surface area contributed by atoms with Gasteiger partial charge in [-0.1, -0.05) is 11.8 Å². The van der Waals surface area contributed by atoms with Gasteiger partial charge in [0.25, 0.3) is 5.56 Å². The van der Waals surface area contributed by atoms with E-state index < -0.39 is 5.56 Å². The van der Waals surface area contributed by atoms with Crippen LogP contribution in [0.15, 0.2) is 52.4 Å². The maximum Gasteiger partial charge on any atom is 0.270 e. The first-order valence-electron chi connectivity index (χ1n) is 8.62. The standard InChI is InChI=1S/C21H19N3O4S/c1-26-15-5-7-16(8-6-15)28-12-14-10-13(4-9-18(14)27-2)19-17(11-22)20(25)24-21(23-19)29-3/h4-10H,12H2,1-3H3,(H,23,24,25). The highest BCUT2D eigenvalue weighted by atomic mass is 32.2. The largest absolute Gasteiger partial charge is 0.497 e. The number of thioether (sulfide) groups is 1. The summed E-state index contributed by atoms with van der Waals surface area (Å²) in [4.78, 5) is 19.2. The molecule has 0 atom stereocenters. The first-order chi connectivity index (χ1) is 14.1. The van der Waals surface area contributed by atoms with Crippen LogP contribution in [0.4, 0.5) is 0 Å². The van der Waals surface area contributed by atoms with Gasteiger partial charge in [0.15, 0.2) is 5.16 Å². The highest BCUT2D eigenvalue weighted by Crippen LogP contribution is 2.29. The van der Waals surface area contributed by atoms with Gasteiger partial charge in [-0.25, -0.2) is 4.98 Å². The molecule has 0 aliphatic rings.